The molecular weight excluding hydrogens is 245 g/mol. The third-order valence-corrected chi connectivity index (χ3v) is 3.71. The Morgan fingerprint density at radius 1 is 1.26 bits per heavy atom. The van der Waals surface area contributed by atoms with E-state index in [1.807, 2.05) is 0 Å². The molecule has 0 spiro atoms. The van der Waals surface area contributed by atoms with E-state index in [-0.39, 0.29) is 24.2 Å². The zero-order chi connectivity index (χ0) is 13.7. The van der Waals surface area contributed by atoms with E-state index in [0.717, 1.165) is 25.7 Å². The summed E-state index contributed by atoms with van der Waals surface area (Å²) in [6, 6.07) is 6.34. The van der Waals surface area contributed by atoms with Crippen molar-refractivity contribution >= 4 is 5.91 Å². The van der Waals surface area contributed by atoms with Crippen molar-refractivity contribution < 1.29 is 14.3 Å². The highest BCUT2D eigenvalue weighted by atomic mass is 19.1. The fourth-order valence-electron chi connectivity index (χ4n) is 2.48. The van der Waals surface area contributed by atoms with Gasteiger partial charge in [-0.25, -0.2) is 4.39 Å². The minimum absolute atomic E-state index is 0.0853. The van der Waals surface area contributed by atoms with E-state index in [9.17, 15) is 14.3 Å². The van der Waals surface area contributed by atoms with Crippen LogP contribution in [0, 0.1) is 11.7 Å². The molecule has 1 aromatic rings. The molecule has 0 aliphatic heterocycles. The monoisotopic (exact) mass is 265 g/mol. The molecule has 104 valence electrons. The normalized spacial score (nSPS) is 23.1. The summed E-state index contributed by atoms with van der Waals surface area (Å²) in [5.41, 5.74) is 0.430. The first-order chi connectivity index (χ1) is 9.15. The summed E-state index contributed by atoms with van der Waals surface area (Å²) in [6.07, 6.45) is 3.43. The number of aliphatic hydroxyl groups is 1. The Labute approximate surface area is 112 Å². The van der Waals surface area contributed by atoms with Gasteiger partial charge in [-0.2, -0.15) is 0 Å². The van der Waals surface area contributed by atoms with Crippen LogP contribution in [-0.4, -0.2) is 23.7 Å². The van der Waals surface area contributed by atoms with Crippen LogP contribution < -0.4 is 5.32 Å². The smallest absolute Gasteiger partial charge is 0.224 e. The predicted octanol–water partition coefficient (Wildman–Crippen LogP) is 2.04. The zero-order valence-corrected chi connectivity index (χ0v) is 10.9. The van der Waals surface area contributed by atoms with Crippen LogP contribution in [0.25, 0.3) is 0 Å². The molecule has 1 amide bonds. The molecule has 19 heavy (non-hydrogen) atoms. The van der Waals surface area contributed by atoms with Gasteiger partial charge in [0.05, 0.1) is 12.5 Å². The molecule has 3 nitrogen and oxygen atoms in total. The Hall–Kier alpha value is -1.42. The number of rotatable bonds is 4. The summed E-state index contributed by atoms with van der Waals surface area (Å²) in [4.78, 5) is 11.7. The van der Waals surface area contributed by atoms with E-state index < -0.39 is 0 Å². The second-order valence-electron chi connectivity index (χ2n) is 5.25. The molecular formula is C15H20FNO2. The number of hydrogen-bond donors (Lipinski definition) is 2. The van der Waals surface area contributed by atoms with E-state index in [1.54, 1.807) is 18.2 Å². The van der Waals surface area contributed by atoms with E-state index >= 15 is 0 Å². The van der Waals surface area contributed by atoms with Crippen LogP contribution in [0.5, 0.6) is 0 Å². The van der Waals surface area contributed by atoms with Gasteiger partial charge in [-0.15, -0.1) is 0 Å². The van der Waals surface area contributed by atoms with Crippen LogP contribution in [0.2, 0.25) is 0 Å². The van der Waals surface area contributed by atoms with E-state index in [1.165, 1.54) is 6.07 Å². The van der Waals surface area contributed by atoms with Crippen molar-refractivity contribution in [3.63, 3.8) is 0 Å². The lowest BCUT2D eigenvalue weighted by Gasteiger charge is -2.25. The lowest BCUT2D eigenvalue weighted by molar-refractivity contribution is -0.120. The van der Waals surface area contributed by atoms with Crippen LogP contribution >= 0.6 is 0 Å². The van der Waals surface area contributed by atoms with Crippen molar-refractivity contribution in [1.82, 2.24) is 5.32 Å². The molecule has 1 fully saturated rings. The predicted molar refractivity (Wildman–Crippen MR) is 71.1 cm³/mol. The number of carbonyl (C=O) groups is 1. The molecule has 0 bridgehead atoms. The molecule has 1 aromatic carbocycles. The largest absolute Gasteiger partial charge is 0.393 e. The fraction of sp³-hybridized carbons (Fsp3) is 0.533. The Bertz CT molecular complexity index is 428. The summed E-state index contributed by atoms with van der Waals surface area (Å²) in [6.45, 7) is 0.625. The lowest BCUT2D eigenvalue weighted by Crippen LogP contribution is -2.33. The minimum Gasteiger partial charge on any atom is -0.393 e. The number of benzene rings is 1. The number of halogens is 1. The average Bonchev–Trinajstić information content (AvgIpc) is 2.41. The highest BCUT2D eigenvalue weighted by Gasteiger charge is 2.19. The summed E-state index contributed by atoms with van der Waals surface area (Å²) in [7, 11) is 0. The topological polar surface area (TPSA) is 49.3 Å². The molecule has 0 saturated heterocycles. The number of hydrogen-bond acceptors (Lipinski definition) is 2. The number of carbonyl (C=O) groups excluding carboxylic acids is 1. The molecule has 2 N–H and O–H groups in total. The summed E-state index contributed by atoms with van der Waals surface area (Å²) < 4.78 is 13.4. The highest BCUT2D eigenvalue weighted by Crippen LogP contribution is 2.23. The molecule has 1 aliphatic rings. The maximum Gasteiger partial charge on any atom is 0.224 e. The van der Waals surface area contributed by atoms with Gasteiger partial charge in [0.1, 0.15) is 5.82 Å². The van der Waals surface area contributed by atoms with Gasteiger partial charge in [0.2, 0.25) is 5.91 Å². The zero-order valence-electron chi connectivity index (χ0n) is 10.9. The van der Waals surface area contributed by atoms with Crippen LogP contribution in [0.3, 0.4) is 0 Å². The van der Waals surface area contributed by atoms with Crippen LogP contribution in [0.15, 0.2) is 24.3 Å². The Kier molecular flexibility index (Phi) is 4.91. The van der Waals surface area contributed by atoms with E-state index in [0.29, 0.717) is 18.0 Å². The van der Waals surface area contributed by atoms with Crippen LogP contribution in [-0.2, 0) is 11.2 Å². The number of amides is 1. The quantitative estimate of drug-likeness (QED) is 0.875. The molecule has 4 heteroatoms. The Morgan fingerprint density at radius 3 is 2.63 bits per heavy atom. The highest BCUT2D eigenvalue weighted by molar-refractivity contribution is 5.78. The van der Waals surface area contributed by atoms with Gasteiger partial charge in [0, 0.05) is 6.54 Å². The van der Waals surface area contributed by atoms with E-state index in [4.69, 9.17) is 0 Å². The average molecular weight is 265 g/mol. The van der Waals surface area contributed by atoms with Gasteiger partial charge in [-0.1, -0.05) is 18.2 Å². The number of nitrogens with one attached hydrogen (secondary N) is 1. The molecule has 2 rings (SSSR count). The first kappa shape index (κ1) is 14.0. The fourth-order valence-corrected chi connectivity index (χ4v) is 2.48. The minimum atomic E-state index is -0.335. The molecule has 0 aromatic heterocycles. The molecule has 0 unspecified atom stereocenters. The van der Waals surface area contributed by atoms with Crippen molar-refractivity contribution in [2.24, 2.45) is 5.92 Å². The second-order valence-corrected chi connectivity index (χ2v) is 5.25. The van der Waals surface area contributed by atoms with Gasteiger partial charge in [-0.3, -0.25) is 4.79 Å². The first-order valence-electron chi connectivity index (χ1n) is 6.83. The molecule has 1 aliphatic carbocycles. The van der Waals surface area contributed by atoms with Crippen LogP contribution in [0.4, 0.5) is 4.39 Å². The standard InChI is InChI=1S/C15H20FNO2/c16-14-4-2-1-3-12(14)9-15(19)17-10-11-5-7-13(18)8-6-11/h1-4,11,13,18H,5-10H2,(H,17,19). The SMILES string of the molecule is O=C(Cc1ccccc1F)NCC1CCC(O)CC1. The van der Waals surface area contributed by atoms with Crippen molar-refractivity contribution in [3.8, 4) is 0 Å². The first-order valence-corrected chi connectivity index (χ1v) is 6.83. The van der Waals surface area contributed by atoms with Crippen LogP contribution in [0.1, 0.15) is 31.2 Å². The van der Waals surface area contributed by atoms with Gasteiger partial charge >= 0.3 is 0 Å². The van der Waals surface area contributed by atoms with Crippen molar-refractivity contribution in [1.29, 1.82) is 0 Å². The summed E-state index contributed by atoms with van der Waals surface area (Å²) >= 11 is 0. The molecule has 1 saturated carbocycles. The maximum absolute atomic E-state index is 13.4. The van der Waals surface area contributed by atoms with E-state index in [2.05, 4.69) is 5.32 Å². The lowest BCUT2D eigenvalue weighted by atomic mass is 9.87. The number of aliphatic hydroxyl groups excluding tert-OH is 1. The van der Waals surface area contributed by atoms with Crippen molar-refractivity contribution in [3.05, 3.63) is 35.6 Å². The van der Waals surface area contributed by atoms with Crippen molar-refractivity contribution in [2.75, 3.05) is 6.54 Å². The Balaban J connectivity index is 1.74. The Morgan fingerprint density at radius 2 is 1.95 bits per heavy atom. The third kappa shape index (κ3) is 4.31. The molecule has 0 atom stereocenters. The second kappa shape index (κ2) is 6.66. The van der Waals surface area contributed by atoms with Gasteiger partial charge < -0.3 is 10.4 Å². The summed E-state index contributed by atoms with van der Waals surface area (Å²) in [5.74, 6) is -0.0392. The maximum atomic E-state index is 13.4. The van der Waals surface area contributed by atoms with Gasteiger partial charge in [-0.05, 0) is 43.2 Å². The third-order valence-electron chi connectivity index (χ3n) is 3.71. The van der Waals surface area contributed by atoms with Crippen molar-refractivity contribution in [2.45, 2.75) is 38.2 Å². The molecule has 0 radical (unpaired) electrons. The summed E-state index contributed by atoms with van der Waals surface area (Å²) in [5, 5.41) is 12.3. The molecule has 0 heterocycles. The van der Waals surface area contributed by atoms with Gasteiger partial charge in [0.15, 0.2) is 0 Å². The van der Waals surface area contributed by atoms with Gasteiger partial charge in [0.25, 0.3) is 0 Å².